The van der Waals surface area contributed by atoms with Crippen LogP contribution in [0.5, 0.6) is 11.5 Å². The molecule has 1 N–H and O–H groups in total. The van der Waals surface area contributed by atoms with E-state index in [1.807, 2.05) is 42.5 Å². The molecule has 3 rings (SSSR count). The van der Waals surface area contributed by atoms with Crippen molar-refractivity contribution in [3.63, 3.8) is 0 Å². The van der Waals surface area contributed by atoms with Gasteiger partial charge in [0.1, 0.15) is 23.6 Å². The second-order valence-corrected chi connectivity index (χ2v) is 5.43. The molecule has 1 aromatic heterocycles. The van der Waals surface area contributed by atoms with E-state index in [4.69, 9.17) is 9.47 Å². The van der Waals surface area contributed by atoms with Crippen molar-refractivity contribution < 1.29 is 9.47 Å². The minimum absolute atomic E-state index is 0.705. The monoisotopic (exact) mass is 323 g/mol. The SMILES string of the molecule is CCCCOc1ccccc1Nc1ncnc2cc(OC)ccc12. The van der Waals surface area contributed by atoms with Gasteiger partial charge in [-0.25, -0.2) is 9.97 Å². The zero-order chi connectivity index (χ0) is 16.8. The smallest absolute Gasteiger partial charge is 0.142 e. The molecule has 0 spiro atoms. The summed E-state index contributed by atoms with van der Waals surface area (Å²) < 4.78 is 11.1. The van der Waals surface area contributed by atoms with Crippen molar-refractivity contribution in [3.05, 3.63) is 48.8 Å². The molecule has 0 amide bonds. The quantitative estimate of drug-likeness (QED) is 0.646. The zero-order valence-corrected chi connectivity index (χ0v) is 14.0. The Bertz CT molecular complexity index is 821. The molecule has 5 heteroatoms. The van der Waals surface area contributed by atoms with E-state index in [0.717, 1.165) is 46.7 Å². The number of nitrogens with one attached hydrogen (secondary N) is 1. The van der Waals surface area contributed by atoms with Crippen molar-refractivity contribution >= 4 is 22.4 Å². The minimum Gasteiger partial charge on any atom is -0.497 e. The van der Waals surface area contributed by atoms with Gasteiger partial charge in [0.05, 0.1) is 24.9 Å². The van der Waals surface area contributed by atoms with E-state index in [1.54, 1.807) is 13.4 Å². The number of rotatable bonds is 7. The van der Waals surface area contributed by atoms with Crippen molar-refractivity contribution in [2.45, 2.75) is 19.8 Å². The maximum absolute atomic E-state index is 5.87. The lowest BCUT2D eigenvalue weighted by atomic mass is 10.2. The zero-order valence-electron chi connectivity index (χ0n) is 14.0. The standard InChI is InChI=1S/C19H21N3O2/c1-3-4-11-24-18-8-6-5-7-16(18)22-19-15-10-9-14(23-2)12-17(15)20-13-21-19/h5-10,12-13H,3-4,11H2,1-2H3,(H,20,21,22). The Morgan fingerprint density at radius 2 is 1.96 bits per heavy atom. The number of ether oxygens (including phenoxy) is 2. The van der Waals surface area contributed by atoms with Gasteiger partial charge in [-0.3, -0.25) is 0 Å². The lowest BCUT2D eigenvalue weighted by molar-refractivity contribution is 0.311. The van der Waals surface area contributed by atoms with Crippen LogP contribution in [0.25, 0.3) is 10.9 Å². The van der Waals surface area contributed by atoms with Crippen LogP contribution in [0.3, 0.4) is 0 Å². The second kappa shape index (κ2) is 7.64. The number of nitrogens with zero attached hydrogens (tertiary/aromatic N) is 2. The fourth-order valence-electron chi connectivity index (χ4n) is 2.41. The predicted octanol–water partition coefficient (Wildman–Crippen LogP) is 4.56. The first-order valence-electron chi connectivity index (χ1n) is 8.09. The van der Waals surface area contributed by atoms with E-state index < -0.39 is 0 Å². The molecule has 0 aliphatic carbocycles. The fraction of sp³-hybridized carbons (Fsp3) is 0.263. The molecule has 0 atom stereocenters. The summed E-state index contributed by atoms with van der Waals surface area (Å²) in [5, 5.41) is 4.30. The van der Waals surface area contributed by atoms with Gasteiger partial charge >= 0.3 is 0 Å². The number of aromatic nitrogens is 2. The van der Waals surface area contributed by atoms with Crippen molar-refractivity contribution in [2.75, 3.05) is 19.0 Å². The molecule has 0 aliphatic heterocycles. The second-order valence-electron chi connectivity index (χ2n) is 5.43. The fourth-order valence-corrected chi connectivity index (χ4v) is 2.41. The van der Waals surface area contributed by atoms with E-state index in [9.17, 15) is 0 Å². The summed E-state index contributed by atoms with van der Waals surface area (Å²) in [7, 11) is 1.64. The topological polar surface area (TPSA) is 56.3 Å². The molecule has 0 fully saturated rings. The van der Waals surface area contributed by atoms with E-state index in [-0.39, 0.29) is 0 Å². The molecule has 0 bridgehead atoms. The number of benzene rings is 2. The number of anilines is 2. The largest absolute Gasteiger partial charge is 0.497 e. The highest BCUT2D eigenvalue weighted by molar-refractivity contribution is 5.91. The van der Waals surface area contributed by atoms with Crippen molar-refractivity contribution in [1.82, 2.24) is 9.97 Å². The molecule has 24 heavy (non-hydrogen) atoms. The van der Waals surface area contributed by atoms with E-state index >= 15 is 0 Å². The molecule has 0 saturated carbocycles. The average Bonchev–Trinajstić information content (AvgIpc) is 2.63. The summed E-state index contributed by atoms with van der Waals surface area (Å²) in [5.41, 5.74) is 1.72. The molecule has 3 aromatic rings. The number of hydrogen-bond acceptors (Lipinski definition) is 5. The number of para-hydroxylation sites is 2. The Morgan fingerprint density at radius 3 is 2.79 bits per heavy atom. The number of methoxy groups -OCH3 is 1. The highest BCUT2D eigenvalue weighted by Crippen LogP contribution is 2.30. The van der Waals surface area contributed by atoms with Gasteiger partial charge in [-0.05, 0) is 30.7 Å². The molecular weight excluding hydrogens is 302 g/mol. The van der Waals surface area contributed by atoms with Gasteiger partial charge in [0.2, 0.25) is 0 Å². The van der Waals surface area contributed by atoms with Gasteiger partial charge in [-0.2, -0.15) is 0 Å². The third kappa shape index (κ3) is 3.56. The first kappa shape index (κ1) is 16.1. The lowest BCUT2D eigenvalue weighted by Gasteiger charge is -2.13. The molecule has 0 saturated heterocycles. The summed E-state index contributed by atoms with van der Waals surface area (Å²) in [4.78, 5) is 8.69. The molecule has 0 aliphatic rings. The van der Waals surface area contributed by atoms with Crippen LogP contribution in [0.4, 0.5) is 11.5 Å². The highest BCUT2D eigenvalue weighted by atomic mass is 16.5. The lowest BCUT2D eigenvalue weighted by Crippen LogP contribution is -2.01. The van der Waals surface area contributed by atoms with Crippen molar-refractivity contribution in [1.29, 1.82) is 0 Å². The van der Waals surface area contributed by atoms with Gasteiger partial charge in [0, 0.05) is 11.5 Å². The molecular formula is C19H21N3O2. The minimum atomic E-state index is 0.705. The van der Waals surface area contributed by atoms with Crippen LogP contribution in [0.15, 0.2) is 48.8 Å². The Kier molecular flexibility index (Phi) is 5.11. The summed E-state index contributed by atoms with van der Waals surface area (Å²) in [6.45, 7) is 2.85. The Labute approximate surface area is 141 Å². The number of hydrogen-bond donors (Lipinski definition) is 1. The van der Waals surface area contributed by atoms with Gasteiger partial charge in [-0.1, -0.05) is 25.5 Å². The van der Waals surface area contributed by atoms with Crippen LogP contribution in [-0.2, 0) is 0 Å². The summed E-state index contributed by atoms with van der Waals surface area (Å²) >= 11 is 0. The highest BCUT2D eigenvalue weighted by Gasteiger charge is 2.08. The van der Waals surface area contributed by atoms with Crippen LogP contribution < -0.4 is 14.8 Å². The van der Waals surface area contributed by atoms with Crippen molar-refractivity contribution in [3.8, 4) is 11.5 Å². The Balaban J connectivity index is 1.90. The summed E-state index contributed by atoms with van der Waals surface area (Å²) in [6, 6.07) is 13.6. The first-order chi connectivity index (χ1) is 11.8. The van der Waals surface area contributed by atoms with Crippen LogP contribution in [0.2, 0.25) is 0 Å². The van der Waals surface area contributed by atoms with Gasteiger partial charge in [-0.15, -0.1) is 0 Å². The molecule has 0 unspecified atom stereocenters. The molecule has 1 heterocycles. The van der Waals surface area contributed by atoms with Gasteiger partial charge < -0.3 is 14.8 Å². The summed E-state index contributed by atoms with van der Waals surface area (Å²) in [5.74, 6) is 2.34. The van der Waals surface area contributed by atoms with Crippen LogP contribution in [0.1, 0.15) is 19.8 Å². The normalized spacial score (nSPS) is 10.6. The van der Waals surface area contributed by atoms with Gasteiger partial charge in [0.15, 0.2) is 0 Å². The molecule has 2 aromatic carbocycles. The number of fused-ring (bicyclic) bond motifs is 1. The summed E-state index contributed by atoms with van der Waals surface area (Å²) in [6.07, 6.45) is 3.68. The third-order valence-corrected chi connectivity index (χ3v) is 3.74. The maximum Gasteiger partial charge on any atom is 0.142 e. The third-order valence-electron chi connectivity index (χ3n) is 3.74. The Morgan fingerprint density at radius 1 is 1.08 bits per heavy atom. The number of unbranched alkanes of at least 4 members (excludes halogenated alkanes) is 1. The van der Waals surface area contributed by atoms with Crippen LogP contribution in [0, 0.1) is 0 Å². The van der Waals surface area contributed by atoms with Crippen LogP contribution in [-0.4, -0.2) is 23.7 Å². The van der Waals surface area contributed by atoms with E-state index in [0.29, 0.717) is 6.61 Å². The Hall–Kier alpha value is -2.82. The molecule has 5 nitrogen and oxygen atoms in total. The van der Waals surface area contributed by atoms with Gasteiger partial charge in [0.25, 0.3) is 0 Å². The van der Waals surface area contributed by atoms with E-state index in [2.05, 4.69) is 22.2 Å². The van der Waals surface area contributed by atoms with Crippen LogP contribution >= 0.6 is 0 Å². The molecule has 0 radical (unpaired) electrons. The predicted molar refractivity (Wildman–Crippen MR) is 96.2 cm³/mol. The van der Waals surface area contributed by atoms with E-state index in [1.165, 1.54) is 0 Å². The average molecular weight is 323 g/mol. The molecule has 124 valence electrons. The van der Waals surface area contributed by atoms with Crippen molar-refractivity contribution in [2.24, 2.45) is 0 Å². The maximum atomic E-state index is 5.87. The first-order valence-corrected chi connectivity index (χ1v) is 8.09.